The quantitative estimate of drug-likeness (QED) is 0.501. The minimum absolute atomic E-state index is 0.00145. The Balaban J connectivity index is 1.44. The second kappa shape index (κ2) is 9.35. The Morgan fingerprint density at radius 3 is 2.39 bits per heavy atom. The van der Waals surface area contributed by atoms with Gasteiger partial charge in [0.15, 0.2) is 0 Å². The van der Waals surface area contributed by atoms with Crippen molar-refractivity contribution in [3.05, 3.63) is 94.0 Å². The molecule has 3 amide bonds. The van der Waals surface area contributed by atoms with Gasteiger partial charge in [0.05, 0.1) is 0 Å². The maximum atomic E-state index is 13.1. The van der Waals surface area contributed by atoms with E-state index in [-0.39, 0.29) is 11.9 Å². The maximum Gasteiger partial charge on any atom is 0.324 e. The molecule has 0 radical (unpaired) electrons. The highest BCUT2D eigenvalue weighted by Crippen LogP contribution is 2.23. The topological polar surface area (TPSA) is 52.6 Å². The van der Waals surface area contributed by atoms with Crippen LogP contribution in [0.25, 0.3) is 0 Å². The van der Waals surface area contributed by atoms with Crippen LogP contribution in [0.3, 0.4) is 0 Å². The van der Waals surface area contributed by atoms with Crippen molar-refractivity contribution in [2.24, 2.45) is 0 Å². The molecule has 31 heavy (non-hydrogen) atoms. The standard InChI is InChI=1S/C25H24BrN3O2/c1-18-5-2-3-6-20(18)17-28-15-4-16-29(25(28)31)23-13-7-19(8-14-23)24(30)27-22-11-9-21(26)10-12-22/h2-3,5-14H,4,15-17H2,1H3,(H,27,30). The molecule has 0 aromatic heterocycles. The zero-order valence-corrected chi connectivity index (χ0v) is 18.9. The fraction of sp³-hybridized carbons (Fsp3) is 0.200. The number of carbonyl (C=O) groups is 2. The lowest BCUT2D eigenvalue weighted by Gasteiger charge is -2.36. The van der Waals surface area contributed by atoms with Crippen LogP contribution in [0.15, 0.2) is 77.3 Å². The first-order valence-electron chi connectivity index (χ1n) is 10.3. The number of nitrogens with one attached hydrogen (secondary N) is 1. The van der Waals surface area contributed by atoms with Crippen molar-refractivity contribution in [1.82, 2.24) is 4.90 Å². The molecule has 0 atom stereocenters. The molecular weight excluding hydrogens is 454 g/mol. The predicted molar refractivity (Wildman–Crippen MR) is 127 cm³/mol. The van der Waals surface area contributed by atoms with Crippen molar-refractivity contribution in [3.63, 3.8) is 0 Å². The van der Waals surface area contributed by atoms with E-state index in [4.69, 9.17) is 0 Å². The third-order valence-corrected chi connectivity index (χ3v) is 6.01. The lowest BCUT2D eigenvalue weighted by molar-refractivity contribution is 0.102. The van der Waals surface area contributed by atoms with Crippen LogP contribution in [-0.4, -0.2) is 29.9 Å². The van der Waals surface area contributed by atoms with E-state index in [2.05, 4.69) is 40.3 Å². The molecule has 1 heterocycles. The van der Waals surface area contributed by atoms with Gasteiger partial charge in [0, 0.05) is 41.0 Å². The van der Waals surface area contributed by atoms with Crippen molar-refractivity contribution < 1.29 is 9.59 Å². The van der Waals surface area contributed by atoms with Gasteiger partial charge in [0.25, 0.3) is 5.91 Å². The van der Waals surface area contributed by atoms with Crippen LogP contribution in [0.2, 0.25) is 0 Å². The second-order valence-corrected chi connectivity index (χ2v) is 8.56. The molecule has 0 unspecified atom stereocenters. The minimum Gasteiger partial charge on any atom is -0.322 e. The van der Waals surface area contributed by atoms with E-state index in [1.807, 2.05) is 53.4 Å². The number of urea groups is 1. The molecular formula is C25H24BrN3O2. The van der Waals surface area contributed by atoms with E-state index in [1.54, 1.807) is 17.0 Å². The van der Waals surface area contributed by atoms with E-state index in [1.165, 1.54) is 5.56 Å². The van der Waals surface area contributed by atoms with Crippen LogP contribution >= 0.6 is 15.9 Å². The molecule has 1 aliphatic heterocycles. The van der Waals surface area contributed by atoms with Gasteiger partial charge in [-0.25, -0.2) is 4.79 Å². The summed E-state index contributed by atoms with van der Waals surface area (Å²) in [5, 5.41) is 2.88. The Bertz CT molecular complexity index is 1080. The number of amides is 3. The monoisotopic (exact) mass is 477 g/mol. The number of rotatable bonds is 5. The zero-order chi connectivity index (χ0) is 21.8. The highest BCUT2D eigenvalue weighted by Gasteiger charge is 2.27. The van der Waals surface area contributed by atoms with Gasteiger partial charge in [-0.05, 0) is 73.0 Å². The molecule has 1 N–H and O–H groups in total. The first kappa shape index (κ1) is 21.1. The van der Waals surface area contributed by atoms with Crippen molar-refractivity contribution in [1.29, 1.82) is 0 Å². The van der Waals surface area contributed by atoms with Crippen LogP contribution in [0.1, 0.15) is 27.9 Å². The van der Waals surface area contributed by atoms with Crippen LogP contribution in [0, 0.1) is 6.92 Å². The molecule has 3 aromatic rings. The number of benzene rings is 3. The average molecular weight is 478 g/mol. The summed E-state index contributed by atoms with van der Waals surface area (Å²) in [6.07, 6.45) is 0.906. The van der Waals surface area contributed by atoms with E-state index in [0.717, 1.165) is 34.4 Å². The minimum atomic E-state index is -0.181. The molecule has 158 valence electrons. The van der Waals surface area contributed by atoms with Gasteiger partial charge >= 0.3 is 6.03 Å². The molecule has 4 rings (SSSR count). The Morgan fingerprint density at radius 2 is 1.68 bits per heavy atom. The van der Waals surface area contributed by atoms with E-state index in [0.29, 0.717) is 18.7 Å². The maximum absolute atomic E-state index is 13.1. The molecule has 0 aliphatic carbocycles. The summed E-state index contributed by atoms with van der Waals surface area (Å²) in [6.45, 7) is 4.10. The third-order valence-electron chi connectivity index (χ3n) is 5.48. The van der Waals surface area contributed by atoms with E-state index in [9.17, 15) is 9.59 Å². The van der Waals surface area contributed by atoms with Crippen LogP contribution in [0.4, 0.5) is 16.2 Å². The molecule has 3 aromatic carbocycles. The van der Waals surface area contributed by atoms with Crippen molar-refractivity contribution in [2.75, 3.05) is 23.3 Å². The van der Waals surface area contributed by atoms with Gasteiger partial charge < -0.3 is 10.2 Å². The largest absolute Gasteiger partial charge is 0.324 e. The van der Waals surface area contributed by atoms with Gasteiger partial charge in [-0.1, -0.05) is 40.2 Å². The summed E-state index contributed by atoms with van der Waals surface area (Å²) in [7, 11) is 0. The molecule has 1 fully saturated rings. The fourth-order valence-electron chi connectivity index (χ4n) is 3.69. The van der Waals surface area contributed by atoms with E-state index < -0.39 is 0 Å². The van der Waals surface area contributed by atoms with Crippen molar-refractivity contribution in [3.8, 4) is 0 Å². The lowest BCUT2D eigenvalue weighted by Crippen LogP contribution is -2.49. The number of nitrogens with zero attached hydrogens (tertiary/aromatic N) is 2. The molecule has 0 bridgehead atoms. The van der Waals surface area contributed by atoms with Crippen LogP contribution in [-0.2, 0) is 6.54 Å². The Hall–Kier alpha value is -3.12. The SMILES string of the molecule is Cc1ccccc1CN1CCCN(c2ccc(C(=O)Nc3ccc(Br)cc3)cc2)C1=O. The Kier molecular flexibility index (Phi) is 6.37. The molecule has 6 heteroatoms. The second-order valence-electron chi connectivity index (χ2n) is 7.64. The molecule has 1 aliphatic rings. The average Bonchev–Trinajstić information content (AvgIpc) is 2.78. The third kappa shape index (κ3) is 4.97. The van der Waals surface area contributed by atoms with Gasteiger partial charge in [-0.15, -0.1) is 0 Å². The number of anilines is 2. The van der Waals surface area contributed by atoms with Crippen molar-refractivity contribution >= 4 is 39.2 Å². The normalized spacial score (nSPS) is 13.9. The summed E-state index contributed by atoms with van der Waals surface area (Å²) < 4.78 is 0.956. The van der Waals surface area contributed by atoms with Crippen LogP contribution in [0.5, 0.6) is 0 Å². The Labute approximate surface area is 190 Å². The number of carbonyl (C=O) groups excluding carboxylic acids is 2. The molecule has 5 nitrogen and oxygen atoms in total. The number of halogens is 1. The van der Waals surface area contributed by atoms with Gasteiger partial charge in [-0.3, -0.25) is 9.69 Å². The number of hydrogen-bond acceptors (Lipinski definition) is 2. The molecule has 0 saturated carbocycles. The highest BCUT2D eigenvalue weighted by molar-refractivity contribution is 9.10. The summed E-state index contributed by atoms with van der Waals surface area (Å²) in [5.41, 5.74) is 4.44. The Morgan fingerprint density at radius 1 is 0.968 bits per heavy atom. The predicted octanol–water partition coefficient (Wildman–Crippen LogP) is 5.84. The smallest absolute Gasteiger partial charge is 0.322 e. The molecule has 0 spiro atoms. The van der Waals surface area contributed by atoms with E-state index >= 15 is 0 Å². The number of hydrogen-bond donors (Lipinski definition) is 1. The summed E-state index contributed by atoms with van der Waals surface area (Å²) in [4.78, 5) is 29.3. The van der Waals surface area contributed by atoms with Crippen LogP contribution < -0.4 is 10.2 Å². The van der Waals surface area contributed by atoms with Crippen molar-refractivity contribution in [2.45, 2.75) is 19.9 Å². The fourth-order valence-corrected chi connectivity index (χ4v) is 3.95. The first-order chi connectivity index (χ1) is 15.0. The van der Waals surface area contributed by atoms with Gasteiger partial charge in [-0.2, -0.15) is 0 Å². The van der Waals surface area contributed by atoms with Gasteiger partial charge in [0.1, 0.15) is 0 Å². The van der Waals surface area contributed by atoms with Gasteiger partial charge in [0.2, 0.25) is 0 Å². The summed E-state index contributed by atoms with van der Waals surface area (Å²) in [6, 6.07) is 22.8. The number of aryl methyl sites for hydroxylation is 1. The summed E-state index contributed by atoms with van der Waals surface area (Å²) in [5.74, 6) is -0.181. The first-order valence-corrected chi connectivity index (χ1v) is 11.1. The molecule has 1 saturated heterocycles. The zero-order valence-electron chi connectivity index (χ0n) is 17.3. The highest BCUT2D eigenvalue weighted by atomic mass is 79.9. The lowest BCUT2D eigenvalue weighted by atomic mass is 10.1. The summed E-state index contributed by atoms with van der Waals surface area (Å²) >= 11 is 3.38.